The van der Waals surface area contributed by atoms with Gasteiger partial charge in [-0.3, -0.25) is 19.8 Å². The molecule has 1 amide bonds. The molecule has 0 radical (unpaired) electrons. The number of amides is 1. The Labute approximate surface area is 115 Å². The number of nitrogens with zero attached hydrogens (tertiary/aromatic N) is 2. The van der Waals surface area contributed by atoms with E-state index < -0.39 is 16.4 Å². The summed E-state index contributed by atoms with van der Waals surface area (Å²) < 4.78 is 13.5. The van der Waals surface area contributed by atoms with Crippen molar-refractivity contribution in [2.24, 2.45) is 0 Å². The van der Waals surface area contributed by atoms with Crippen molar-refractivity contribution >= 4 is 11.6 Å². The zero-order valence-corrected chi connectivity index (χ0v) is 11.1. The van der Waals surface area contributed by atoms with Crippen LogP contribution in [0.4, 0.5) is 10.1 Å². The highest BCUT2D eigenvalue weighted by molar-refractivity contribution is 5.73. The molecule has 108 valence electrons. The van der Waals surface area contributed by atoms with Gasteiger partial charge in [-0.2, -0.15) is 4.39 Å². The molecule has 0 bridgehead atoms. The number of nitrogens with one attached hydrogen (secondary N) is 1. The van der Waals surface area contributed by atoms with Crippen molar-refractivity contribution in [1.29, 1.82) is 0 Å². The molecule has 1 aliphatic rings. The third-order valence-corrected chi connectivity index (χ3v) is 3.29. The molecule has 0 aliphatic carbocycles. The van der Waals surface area contributed by atoms with Crippen LogP contribution < -0.4 is 5.32 Å². The van der Waals surface area contributed by atoms with E-state index in [1.807, 2.05) is 0 Å². The SMILES string of the molecule is CC(=O)NC1CCN(Cc2ccc([N+](=O)[O-])c(F)c2)C1. The maximum atomic E-state index is 13.5. The molecule has 1 aromatic rings. The summed E-state index contributed by atoms with van der Waals surface area (Å²) in [5, 5.41) is 13.4. The van der Waals surface area contributed by atoms with Gasteiger partial charge in [0, 0.05) is 38.7 Å². The molecular formula is C13H16FN3O3. The number of carbonyl (C=O) groups is 1. The lowest BCUT2D eigenvalue weighted by Crippen LogP contribution is -2.35. The van der Waals surface area contributed by atoms with Crippen LogP contribution in [-0.2, 0) is 11.3 Å². The Kier molecular flexibility index (Phi) is 4.29. The second kappa shape index (κ2) is 5.96. The average Bonchev–Trinajstić information content (AvgIpc) is 2.75. The van der Waals surface area contributed by atoms with Crippen LogP contribution in [0.3, 0.4) is 0 Å². The van der Waals surface area contributed by atoms with Crippen LogP contribution in [0.1, 0.15) is 18.9 Å². The Hall–Kier alpha value is -2.02. The quantitative estimate of drug-likeness (QED) is 0.669. The number of nitro groups is 1. The molecule has 6 nitrogen and oxygen atoms in total. The largest absolute Gasteiger partial charge is 0.352 e. The van der Waals surface area contributed by atoms with E-state index >= 15 is 0 Å². The first-order valence-corrected chi connectivity index (χ1v) is 6.38. The van der Waals surface area contributed by atoms with Crippen LogP contribution in [0.2, 0.25) is 0 Å². The molecule has 1 unspecified atom stereocenters. The van der Waals surface area contributed by atoms with Crippen LogP contribution in [-0.4, -0.2) is 34.9 Å². The van der Waals surface area contributed by atoms with Gasteiger partial charge in [-0.1, -0.05) is 6.07 Å². The number of rotatable bonds is 4. The lowest BCUT2D eigenvalue weighted by atomic mass is 10.2. The zero-order chi connectivity index (χ0) is 14.7. The molecule has 2 rings (SSSR count). The maximum absolute atomic E-state index is 13.5. The van der Waals surface area contributed by atoms with Gasteiger partial charge in [0.15, 0.2) is 0 Å². The fourth-order valence-electron chi connectivity index (χ4n) is 2.44. The summed E-state index contributed by atoms with van der Waals surface area (Å²) in [6.45, 7) is 3.51. The van der Waals surface area contributed by atoms with Crippen molar-refractivity contribution in [1.82, 2.24) is 10.2 Å². The van der Waals surface area contributed by atoms with Gasteiger partial charge in [-0.25, -0.2) is 0 Å². The summed E-state index contributed by atoms with van der Waals surface area (Å²) in [5.74, 6) is -0.872. The zero-order valence-electron chi connectivity index (χ0n) is 11.1. The first kappa shape index (κ1) is 14.4. The average molecular weight is 281 g/mol. The van der Waals surface area contributed by atoms with E-state index in [0.29, 0.717) is 18.7 Å². The number of nitro benzene ring substituents is 1. The number of hydrogen-bond donors (Lipinski definition) is 1. The van der Waals surface area contributed by atoms with Crippen LogP contribution in [0.25, 0.3) is 0 Å². The minimum absolute atomic E-state index is 0.0572. The Morgan fingerprint density at radius 3 is 2.95 bits per heavy atom. The molecule has 1 N–H and O–H groups in total. The van der Waals surface area contributed by atoms with Crippen molar-refractivity contribution in [3.05, 3.63) is 39.7 Å². The van der Waals surface area contributed by atoms with Crippen molar-refractivity contribution in [2.45, 2.75) is 25.9 Å². The van der Waals surface area contributed by atoms with E-state index in [1.165, 1.54) is 19.1 Å². The fraction of sp³-hybridized carbons (Fsp3) is 0.462. The van der Waals surface area contributed by atoms with Crippen LogP contribution >= 0.6 is 0 Å². The van der Waals surface area contributed by atoms with Crippen molar-refractivity contribution < 1.29 is 14.1 Å². The normalized spacial score (nSPS) is 19.0. The Balaban J connectivity index is 1.96. The van der Waals surface area contributed by atoms with Crippen molar-refractivity contribution in [3.8, 4) is 0 Å². The summed E-state index contributed by atoms with van der Waals surface area (Å²) in [4.78, 5) is 22.9. The molecule has 1 atom stereocenters. The highest BCUT2D eigenvalue weighted by Gasteiger charge is 2.23. The molecule has 0 aromatic heterocycles. The van der Waals surface area contributed by atoms with E-state index in [-0.39, 0.29) is 11.9 Å². The van der Waals surface area contributed by atoms with Gasteiger partial charge in [0.25, 0.3) is 0 Å². The summed E-state index contributed by atoms with van der Waals surface area (Å²) in [6, 6.07) is 4.07. The highest BCUT2D eigenvalue weighted by Crippen LogP contribution is 2.20. The Morgan fingerprint density at radius 1 is 1.60 bits per heavy atom. The molecule has 1 aliphatic heterocycles. The highest BCUT2D eigenvalue weighted by atomic mass is 19.1. The van der Waals surface area contributed by atoms with Gasteiger partial charge >= 0.3 is 5.69 Å². The van der Waals surface area contributed by atoms with Crippen molar-refractivity contribution in [3.63, 3.8) is 0 Å². The summed E-state index contributed by atoms with van der Waals surface area (Å²) in [6.07, 6.45) is 0.856. The van der Waals surface area contributed by atoms with Gasteiger partial charge in [0.2, 0.25) is 11.7 Å². The lowest BCUT2D eigenvalue weighted by molar-refractivity contribution is -0.387. The molecule has 1 aromatic carbocycles. The molecule has 0 saturated carbocycles. The summed E-state index contributed by atoms with van der Waals surface area (Å²) >= 11 is 0. The van der Waals surface area contributed by atoms with E-state index in [2.05, 4.69) is 10.2 Å². The van der Waals surface area contributed by atoms with Crippen LogP contribution in [0.5, 0.6) is 0 Å². The van der Waals surface area contributed by atoms with Crippen LogP contribution in [0, 0.1) is 15.9 Å². The van der Waals surface area contributed by atoms with E-state index in [0.717, 1.165) is 13.0 Å². The lowest BCUT2D eigenvalue weighted by Gasteiger charge is -2.16. The Morgan fingerprint density at radius 2 is 2.35 bits per heavy atom. The second-order valence-electron chi connectivity index (χ2n) is 4.96. The fourth-order valence-corrected chi connectivity index (χ4v) is 2.44. The topological polar surface area (TPSA) is 75.5 Å². The number of halogens is 1. The van der Waals surface area contributed by atoms with Gasteiger partial charge in [0.05, 0.1) is 4.92 Å². The number of benzene rings is 1. The summed E-state index contributed by atoms with van der Waals surface area (Å²) in [7, 11) is 0. The van der Waals surface area contributed by atoms with Gasteiger partial charge in [-0.05, 0) is 18.1 Å². The first-order valence-electron chi connectivity index (χ1n) is 6.38. The molecule has 7 heteroatoms. The van der Waals surface area contributed by atoms with E-state index in [1.54, 1.807) is 6.07 Å². The number of likely N-dealkylation sites (tertiary alicyclic amines) is 1. The smallest absolute Gasteiger partial charge is 0.304 e. The van der Waals surface area contributed by atoms with Gasteiger partial charge in [-0.15, -0.1) is 0 Å². The van der Waals surface area contributed by atoms with Crippen LogP contribution in [0.15, 0.2) is 18.2 Å². The molecule has 1 heterocycles. The minimum atomic E-state index is -0.815. The molecule has 1 saturated heterocycles. The summed E-state index contributed by atoms with van der Waals surface area (Å²) in [5.41, 5.74) is 0.183. The molecule has 1 fully saturated rings. The minimum Gasteiger partial charge on any atom is -0.352 e. The standard InChI is InChI=1S/C13H16FN3O3/c1-9(18)15-11-4-5-16(8-11)7-10-2-3-13(17(19)20)12(14)6-10/h2-3,6,11H,4-5,7-8H2,1H3,(H,15,18). The number of carbonyl (C=O) groups excluding carboxylic acids is 1. The van der Waals surface area contributed by atoms with Gasteiger partial charge in [0.1, 0.15) is 0 Å². The molecule has 20 heavy (non-hydrogen) atoms. The third-order valence-electron chi connectivity index (χ3n) is 3.29. The predicted octanol–water partition coefficient (Wildman–Crippen LogP) is 1.44. The molecular weight excluding hydrogens is 265 g/mol. The van der Waals surface area contributed by atoms with Crippen molar-refractivity contribution in [2.75, 3.05) is 13.1 Å². The first-order chi connectivity index (χ1) is 9.45. The van der Waals surface area contributed by atoms with Gasteiger partial charge < -0.3 is 5.32 Å². The van der Waals surface area contributed by atoms with E-state index in [9.17, 15) is 19.3 Å². The second-order valence-corrected chi connectivity index (χ2v) is 4.96. The Bertz CT molecular complexity index is 536. The monoisotopic (exact) mass is 281 g/mol. The molecule has 0 spiro atoms. The predicted molar refractivity (Wildman–Crippen MR) is 70.6 cm³/mol. The third kappa shape index (κ3) is 3.51. The maximum Gasteiger partial charge on any atom is 0.304 e. The van der Waals surface area contributed by atoms with E-state index in [4.69, 9.17) is 0 Å². The number of hydrogen-bond acceptors (Lipinski definition) is 4.